The van der Waals surface area contributed by atoms with Gasteiger partial charge in [0.15, 0.2) is 0 Å². The molecular weight excluding hydrogens is 224 g/mol. The first kappa shape index (κ1) is 15.6. The zero-order valence-electron chi connectivity index (χ0n) is 10.8. The third-order valence-corrected chi connectivity index (χ3v) is 6.00. The molecule has 96 valence electrons. The Morgan fingerprint density at radius 1 is 1.50 bits per heavy atom. The van der Waals surface area contributed by atoms with Crippen LogP contribution in [0.15, 0.2) is 0 Å². The monoisotopic (exact) mass is 248 g/mol. The lowest BCUT2D eigenvalue weighted by atomic mass is 10.1. The van der Waals surface area contributed by atoms with Gasteiger partial charge in [-0.25, -0.2) is 0 Å². The molecule has 0 fully saturated rings. The molecule has 2 atom stereocenters. The molecule has 0 aliphatic rings. The van der Waals surface area contributed by atoms with Gasteiger partial charge in [-0.05, 0) is 25.4 Å². The van der Waals surface area contributed by atoms with Gasteiger partial charge in [0.05, 0.1) is 18.8 Å². The predicted octanol–water partition coefficient (Wildman–Crippen LogP) is 1.72. The third-order valence-electron chi connectivity index (χ3n) is 2.94. The van der Waals surface area contributed by atoms with Gasteiger partial charge in [0, 0.05) is 7.11 Å². The molecule has 0 aromatic heterocycles. The Labute approximate surface area is 99.1 Å². The van der Waals surface area contributed by atoms with Crippen molar-refractivity contribution in [2.75, 3.05) is 19.9 Å². The minimum absolute atomic E-state index is 0.0242. The number of carbonyl (C=O) groups excluding carboxylic acids is 1. The van der Waals surface area contributed by atoms with Crippen LogP contribution in [-0.2, 0) is 14.0 Å². The van der Waals surface area contributed by atoms with E-state index in [1.165, 1.54) is 0 Å². The van der Waals surface area contributed by atoms with Gasteiger partial charge in [0.25, 0.3) is 0 Å². The number of esters is 1. The predicted molar refractivity (Wildman–Crippen MR) is 65.6 cm³/mol. The van der Waals surface area contributed by atoms with E-state index in [0.717, 1.165) is 18.9 Å². The van der Waals surface area contributed by atoms with Crippen LogP contribution in [0.2, 0.25) is 12.6 Å². The molecule has 0 rings (SSSR count). The van der Waals surface area contributed by atoms with E-state index < -0.39 is 8.32 Å². The van der Waals surface area contributed by atoms with Gasteiger partial charge < -0.3 is 14.3 Å². The maximum absolute atomic E-state index is 11.3. The highest BCUT2D eigenvalue weighted by molar-refractivity contribution is 6.72. The van der Waals surface area contributed by atoms with Crippen molar-refractivity contribution < 1.29 is 19.1 Å². The van der Waals surface area contributed by atoms with Crippen LogP contribution in [-0.4, -0.2) is 39.3 Å². The van der Waals surface area contributed by atoms with Crippen LogP contribution in [0.3, 0.4) is 0 Å². The number of rotatable bonds is 8. The minimum Gasteiger partial charge on any atom is -0.465 e. The molecule has 2 unspecified atom stereocenters. The smallest absolute Gasteiger partial charge is 0.308 e. The molecule has 5 heteroatoms. The van der Waals surface area contributed by atoms with E-state index in [4.69, 9.17) is 14.3 Å². The molecule has 0 heterocycles. The average Bonchev–Trinajstić information content (AvgIpc) is 2.32. The van der Waals surface area contributed by atoms with Gasteiger partial charge in [-0.15, -0.1) is 0 Å². The Morgan fingerprint density at radius 2 is 2.12 bits per heavy atom. The zero-order valence-corrected chi connectivity index (χ0v) is 11.8. The molecule has 0 spiro atoms. The van der Waals surface area contributed by atoms with E-state index in [1.54, 1.807) is 7.11 Å². The summed E-state index contributed by atoms with van der Waals surface area (Å²) in [7, 11) is -0.308. The molecule has 16 heavy (non-hydrogen) atoms. The second-order valence-corrected chi connectivity index (χ2v) is 8.52. The summed E-state index contributed by atoms with van der Waals surface area (Å²) in [6.07, 6.45) is 1.68. The van der Waals surface area contributed by atoms with Gasteiger partial charge in [0.1, 0.15) is 0 Å². The lowest BCUT2D eigenvalue weighted by Crippen LogP contribution is -2.38. The molecule has 0 amide bonds. The summed E-state index contributed by atoms with van der Waals surface area (Å²) in [5.74, 6) is -0.156. The second kappa shape index (κ2) is 7.81. The highest BCUT2D eigenvalue weighted by Crippen LogP contribution is 2.12. The summed E-state index contributed by atoms with van der Waals surface area (Å²) in [4.78, 5) is 11.3. The average molecular weight is 248 g/mol. The number of aliphatic hydroxyl groups excluding tert-OH is 1. The van der Waals surface area contributed by atoms with Crippen LogP contribution in [0.25, 0.3) is 0 Å². The second-order valence-electron chi connectivity index (χ2n) is 4.39. The molecule has 1 N–H and O–H groups in total. The Balaban J connectivity index is 3.71. The fourth-order valence-corrected chi connectivity index (χ4v) is 2.56. The molecule has 0 aromatic carbocycles. The summed E-state index contributed by atoms with van der Waals surface area (Å²) < 4.78 is 10.4. The van der Waals surface area contributed by atoms with Gasteiger partial charge in [-0.1, -0.05) is 13.8 Å². The van der Waals surface area contributed by atoms with Crippen molar-refractivity contribution in [2.24, 2.45) is 5.92 Å². The van der Waals surface area contributed by atoms with E-state index in [-0.39, 0.29) is 18.1 Å². The highest BCUT2D eigenvalue weighted by atomic mass is 28.4. The number of carbonyl (C=O) groups is 1. The third kappa shape index (κ3) is 5.63. The van der Waals surface area contributed by atoms with Crippen molar-refractivity contribution in [3.05, 3.63) is 0 Å². The molecule has 0 aromatic rings. The zero-order chi connectivity index (χ0) is 12.6. The number of hydrogen-bond donors (Lipinski definition) is 1. The van der Waals surface area contributed by atoms with E-state index in [2.05, 4.69) is 0 Å². The van der Waals surface area contributed by atoms with Gasteiger partial charge in [0.2, 0.25) is 8.32 Å². The van der Waals surface area contributed by atoms with Crippen LogP contribution in [0.4, 0.5) is 0 Å². The fourth-order valence-electron chi connectivity index (χ4n) is 1.17. The summed E-state index contributed by atoms with van der Waals surface area (Å²) in [6, 6.07) is 0.813. The van der Waals surface area contributed by atoms with Crippen LogP contribution in [0.1, 0.15) is 26.7 Å². The Hall–Kier alpha value is -0.393. The van der Waals surface area contributed by atoms with E-state index in [9.17, 15) is 4.79 Å². The SMILES string of the molecule is CCC(C)C(=O)OCCC[Si](C)(CO)OC. The summed E-state index contributed by atoms with van der Waals surface area (Å²) in [5, 5.41) is 9.15. The van der Waals surface area contributed by atoms with E-state index in [0.29, 0.717) is 6.61 Å². The van der Waals surface area contributed by atoms with Crippen molar-refractivity contribution in [1.82, 2.24) is 0 Å². The largest absolute Gasteiger partial charge is 0.465 e. The molecule has 0 aliphatic heterocycles. The Morgan fingerprint density at radius 3 is 2.56 bits per heavy atom. The first-order valence-corrected chi connectivity index (χ1v) is 8.64. The lowest BCUT2D eigenvalue weighted by molar-refractivity contribution is -0.148. The first-order valence-electron chi connectivity index (χ1n) is 5.81. The maximum atomic E-state index is 11.3. The molecule has 4 nitrogen and oxygen atoms in total. The summed E-state index contributed by atoms with van der Waals surface area (Å²) in [6.45, 7) is 6.23. The van der Waals surface area contributed by atoms with Crippen LogP contribution in [0.5, 0.6) is 0 Å². The molecule has 0 saturated heterocycles. The van der Waals surface area contributed by atoms with Gasteiger partial charge in [-0.2, -0.15) is 0 Å². The molecule has 0 radical (unpaired) electrons. The van der Waals surface area contributed by atoms with Crippen LogP contribution < -0.4 is 0 Å². The lowest BCUT2D eigenvalue weighted by Gasteiger charge is -2.22. The normalized spacial score (nSPS) is 16.6. The standard InChI is InChI=1S/C11H24O4Si/c1-5-10(2)11(13)15-7-6-8-16(4,9-12)14-3/h10,12H,5-9H2,1-4H3. The Kier molecular flexibility index (Phi) is 7.62. The summed E-state index contributed by atoms with van der Waals surface area (Å²) >= 11 is 0. The molecule has 0 aliphatic carbocycles. The Bertz CT molecular complexity index is 204. The van der Waals surface area contributed by atoms with Crippen molar-refractivity contribution in [2.45, 2.75) is 39.3 Å². The van der Waals surface area contributed by atoms with Crippen molar-refractivity contribution in [3.63, 3.8) is 0 Å². The molecular formula is C11H24O4Si. The van der Waals surface area contributed by atoms with Crippen LogP contribution >= 0.6 is 0 Å². The van der Waals surface area contributed by atoms with Gasteiger partial charge >= 0.3 is 5.97 Å². The number of ether oxygens (including phenoxy) is 1. The van der Waals surface area contributed by atoms with E-state index >= 15 is 0 Å². The van der Waals surface area contributed by atoms with Crippen molar-refractivity contribution in [1.29, 1.82) is 0 Å². The quantitative estimate of drug-likeness (QED) is 0.404. The summed E-state index contributed by atoms with van der Waals surface area (Å²) in [5.41, 5.74) is 0. The van der Waals surface area contributed by atoms with Crippen molar-refractivity contribution in [3.8, 4) is 0 Å². The van der Waals surface area contributed by atoms with E-state index in [1.807, 2.05) is 20.4 Å². The molecule has 0 saturated carbocycles. The van der Waals surface area contributed by atoms with Gasteiger partial charge in [-0.3, -0.25) is 4.79 Å². The molecule has 0 bridgehead atoms. The minimum atomic E-state index is -1.94. The number of aliphatic hydroxyl groups is 1. The van der Waals surface area contributed by atoms with Crippen LogP contribution in [0, 0.1) is 5.92 Å². The first-order chi connectivity index (χ1) is 7.49. The highest BCUT2D eigenvalue weighted by Gasteiger charge is 2.26. The van der Waals surface area contributed by atoms with Crippen molar-refractivity contribution >= 4 is 14.3 Å². The number of hydrogen-bond acceptors (Lipinski definition) is 4. The topological polar surface area (TPSA) is 55.8 Å². The maximum Gasteiger partial charge on any atom is 0.308 e. The fraction of sp³-hybridized carbons (Fsp3) is 0.909.